The Kier molecular flexibility index (Phi) is 5.81. The second-order valence-corrected chi connectivity index (χ2v) is 12.6. The molecule has 0 aromatic carbocycles. The minimum Gasteiger partial charge on any atom is -0.392 e. The predicted molar refractivity (Wildman–Crippen MR) is 133 cm³/mol. The minimum atomic E-state index is -0.383. The second-order valence-electron chi connectivity index (χ2n) is 12.6. The molecule has 4 rings (SSSR count). The molecule has 0 saturated heterocycles. The van der Waals surface area contributed by atoms with Gasteiger partial charge in [0, 0.05) is 5.41 Å². The van der Waals surface area contributed by atoms with E-state index in [0.29, 0.717) is 11.8 Å². The molecule has 176 valence electrons. The van der Waals surface area contributed by atoms with Crippen LogP contribution in [-0.4, -0.2) is 17.5 Å². The molecule has 0 aromatic rings. The average molecular weight is 437 g/mol. The number of rotatable bonds is 4. The molecule has 0 aromatic heterocycles. The first-order chi connectivity index (χ1) is 14.9. The molecule has 1 N–H and O–H groups in total. The van der Waals surface area contributed by atoms with Crippen molar-refractivity contribution < 1.29 is 9.90 Å². The van der Waals surface area contributed by atoms with Gasteiger partial charge in [-0.3, -0.25) is 0 Å². The average Bonchev–Trinajstić information content (AvgIpc) is 3.01. The Bertz CT molecular complexity index is 898. The molecule has 2 fully saturated rings. The van der Waals surface area contributed by atoms with Gasteiger partial charge in [-0.05, 0) is 86.5 Å². The number of carbonyl (C=O) groups is 1. The molecule has 2 nitrogen and oxygen atoms in total. The van der Waals surface area contributed by atoms with E-state index in [9.17, 15) is 9.90 Å². The van der Waals surface area contributed by atoms with Crippen LogP contribution in [0.5, 0.6) is 0 Å². The van der Waals surface area contributed by atoms with Crippen molar-refractivity contribution >= 4 is 6.29 Å². The van der Waals surface area contributed by atoms with E-state index in [-0.39, 0.29) is 33.7 Å². The molecule has 32 heavy (non-hydrogen) atoms. The van der Waals surface area contributed by atoms with E-state index < -0.39 is 0 Å². The van der Waals surface area contributed by atoms with Gasteiger partial charge in [-0.1, -0.05) is 76.1 Å². The maximum Gasteiger partial charge on any atom is 0.130 e. The molecule has 0 amide bonds. The minimum absolute atomic E-state index is 0.116. The number of aldehydes is 1. The zero-order chi connectivity index (χ0) is 23.5. The zero-order valence-corrected chi connectivity index (χ0v) is 21.4. The number of fused-ring (bicyclic) bond motifs is 4. The van der Waals surface area contributed by atoms with Crippen molar-refractivity contribution in [1.29, 1.82) is 0 Å². The molecule has 0 heterocycles. The fourth-order valence-electron chi connectivity index (χ4n) is 8.32. The molecule has 0 aliphatic heterocycles. The maximum atomic E-state index is 13.0. The molecule has 7 atom stereocenters. The number of hydrogen-bond acceptors (Lipinski definition) is 2. The summed E-state index contributed by atoms with van der Waals surface area (Å²) in [4.78, 5) is 13.0. The summed E-state index contributed by atoms with van der Waals surface area (Å²) in [5, 5.41) is 10.7. The summed E-state index contributed by atoms with van der Waals surface area (Å²) in [6, 6.07) is 0. The van der Waals surface area contributed by atoms with Gasteiger partial charge in [-0.15, -0.1) is 0 Å². The van der Waals surface area contributed by atoms with E-state index in [1.54, 1.807) is 0 Å². The van der Waals surface area contributed by atoms with Crippen molar-refractivity contribution in [2.24, 2.45) is 39.4 Å². The molecule has 0 spiro atoms. The van der Waals surface area contributed by atoms with Gasteiger partial charge in [-0.25, -0.2) is 0 Å². The Labute approximate surface area is 195 Å². The van der Waals surface area contributed by atoms with Crippen LogP contribution in [0, 0.1) is 39.4 Å². The quantitative estimate of drug-likeness (QED) is 0.373. The fourth-order valence-corrected chi connectivity index (χ4v) is 8.32. The lowest BCUT2D eigenvalue weighted by atomic mass is 9.41. The lowest BCUT2D eigenvalue weighted by molar-refractivity contribution is -0.132. The van der Waals surface area contributed by atoms with E-state index in [2.05, 4.69) is 78.8 Å². The molecule has 2 saturated carbocycles. The molecular formula is C30H44O2. The lowest BCUT2D eigenvalue weighted by Crippen LogP contribution is -2.57. The number of hydrogen-bond donors (Lipinski definition) is 1. The SMILES string of the molecule is CC(C)=C/C=C/[C@@H](C)[C@H]1CC[C@@]2(C)C3C=CC4=C(CC[C@H](O)C4(C)C)[C@]3(C=O)CC[C@]12C. The van der Waals surface area contributed by atoms with Gasteiger partial charge in [0.2, 0.25) is 0 Å². The summed E-state index contributed by atoms with van der Waals surface area (Å²) in [7, 11) is 0. The van der Waals surface area contributed by atoms with Gasteiger partial charge in [0.15, 0.2) is 0 Å². The van der Waals surface area contributed by atoms with Crippen LogP contribution in [0.25, 0.3) is 0 Å². The number of carbonyl (C=O) groups excluding carboxylic acids is 1. The van der Waals surface area contributed by atoms with E-state index in [0.717, 1.165) is 25.7 Å². The summed E-state index contributed by atoms with van der Waals surface area (Å²) in [6.07, 6.45) is 18.6. The highest BCUT2D eigenvalue weighted by molar-refractivity contribution is 5.70. The van der Waals surface area contributed by atoms with Gasteiger partial charge in [0.1, 0.15) is 6.29 Å². The monoisotopic (exact) mass is 436 g/mol. The van der Waals surface area contributed by atoms with Crippen LogP contribution < -0.4 is 0 Å². The zero-order valence-electron chi connectivity index (χ0n) is 21.4. The Balaban J connectivity index is 1.72. The van der Waals surface area contributed by atoms with Crippen molar-refractivity contribution in [3.8, 4) is 0 Å². The summed E-state index contributed by atoms with van der Waals surface area (Å²) in [6.45, 7) is 16.0. The second kappa shape index (κ2) is 7.83. The van der Waals surface area contributed by atoms with Crippen LogP contribution in [-0.2, 0) is 4.79 Å². The van der Waals surface area contributed by atoms with E-state index in [1.165, 1.54) is 35.8 Å². The van der Waals surface area contributed by atoms with Gasteiger partial charge in [0.25, 0.3) is 0 Å². The van der Waals surface area contributed by atoms with Crippen LogP contribution in [0.3, 0.4) is 0 Å². The van der Waals surface area contributed by atoms with Crippen molar-refractivity contribution in [1.82, 2.24) is 0 Å². The number of aliphatic hydroxyl groups excluding tert-OH is 1. The highest BCUT2D eigenvalue weighted by Gasteiger charge is 2.67. The summed E-state index contributed by atoms with van der Waals surface area (Å²) >= 11 is 0. The molecule has 0 radical (unpaired) electrons. The molecule has 0 bridgehead atoms. The highest BCUT2D eigenvalue weighted by atomic mass is 16.3. The number of aliphatic hydroxyl groups is 1. The standard InChI is InChI=1S/C30H44O2/c1-20(2)9-8-10-21(3)22-15-16-29(7)25-13-11-23-24(12-14-26(32)27(23,4)5)30(25,19-31)18-17-28(22,29)6/h8-11,13,19,21-22,25-26,32H,12,14-18H2,1-7H3/b10-8+/t21-,22-,25?,26+,28-,29+,30-/m1/s1. The van der Waals surface area contributed by atoms with Gasteiger partial charge >= 0.3 is 0 Å². The van der Waals surface area contributed by atoms with E-state index in [4.69, 9.17) is 0 Å². The van der Waals surface area contributed by atoms with Gasteiger partial charge in [0.05, 0.1) is 11.5 Å². The summed E-state index contributed by atoms with van der Waals surface area (Å²) in [5.41, 5.74) is 3.59. The first kappa shape index (κ1) is 23.7. The normalized spacial score (nSPS) is 43.4. The maximum absolute atomic E-state index is 13.0. The van der Waals surface area contributed by atoms with Crippen molar-refractivity contribution in [3.63, 3.8) is 0 Å². The Morgan fingerprint density at radius 1 is 1.09 bits per heavy atom. The summed E-state index contributed by atoms with van der Waals surface area (Å²) < 4.78 is 0. The third-order valence-corrected chi connectivity index (χ3v) is 10.6. The Hall–Kier alpha value is -1.41. The third kappa shape index (κ3) is 3.11. The predicted octanol–water partition coefficient (Wildman–Crippen LogP) is 7.21. The topological polar surface area (TPSA) is 37.3 Å². The largest absolute Gasteiger partial charge is 0.392 e. The van der Waals surface area contributed by atoms with Crippen LogP contribution >= 0.6 is 0 Å². The van der Waals surface area contributed by atoms with Crippen molar-refractivity contribution in [3.05, 3.63) is 47.1 Å². The van der Waals surface area contributed by atoms with Gasteiger partial charge < -0.3 is 9.90 Å². The third-order valence-electron chi connectivity index (χ3n) is 10.6. The summed E-state index contributed by atoms with van der Waals surface area (Å²) in [5.74, 6) is 1.44. The van der Waals surface area contributed by atoms with Crippen LogP contribution in [0.2, 0.25) is 0 Å². The molecule has 1 unspecified atom stereocenters. The molecule has 4 aliphatic carbocycles. The van der Waals surface area contributed by atoms with Crippen LogP contribution in [0.1, 0.15) is 87.0 Å². The fraction of sp³-hybridized carbons (Fsp3) is 0.700. The van der Waals surface area contributed by atoms with Crippen molar-refractivity contribution in [2.75, 3.05) is 0 Å². The van der Waals surface area contributed by atoms with Crippen molar-refractivity contribution in [2.45, 2.75) is 93.1 Å². The number of allylic oxidation sites excluding steroid dienone is 7. The highest BCUT2D eigenvalue weighted by Crippen LogP contribution is 2.73. The van der Waals surface area contributed by atoms with Crippen LogP contribution in [0.15, 0.2) is 47.1 Å². The Morgan fingerprint density at radius 2 is 1.81 bits per heavy atom. The molecule has 4 aliphatic rings. The van der Waals surface area contributed by atoms with Crippen LogP contribution in [0.4, 0.5) is 0 Å². The lowest BCUT2D eigenvalue weighted by Gasteiger charge is -2.62. The first-order valence-corrected chi connectivity index (χ1v) is 12.8. The Morgan fingerprint density at radius 3 is 2.47 bits per heavy atom. The molecule has 2 heteroatoms. The first-order valence-electron chi connectivity index (χ1n) is 12.8. The van der Waals surface area contributed by atoms with E-state index in [1.807, 2.05) is 0 Å². The smallest absolute Gasteiger partial charge is 0.130 e. The van der Waals surface area contributed by atoms with Gasteiger partial charge in [-0.2, -0.15) is 0 Å². The molecular weight excluding hydrogens is 392 g/mol. The van der Waals surface area contributed by atoms with E-state index >= 15 is 0 Å².